The third-order valence-corrected chi connectivity index (χ3v) is 1.50. The molecule has 4 N–H and O–H groups in total. The molecule has 1 aliphatic heterocycles. The standard InChI is InChI=1S/C8H11NO3/c1-5-2-6(3-9)12-7(4-10)8(5)11/h2,10-11H,1,3-4,9H2. The topological polar surface area (TPSA) is 75.7 Å². The third kappa shape index (κ3) is 1.49. The molecule has 0 fully saturated rings. The van der Waals surface area contributed by atoms with Gasteiger partial charge in [0.25, 0.3) is 0 Å². The van der Waals surface area contributed by atoms with Crippen molar-refractivity contribution >= 4 is 0 Å². The first kappa shape index (κ1) is 8.83. The maximum absolute atomic E-state index is 9.26. The van der Waals surface area contributed by atoms with Crippen molar-refractivity contribution in [2.45, 2.75) is 0 Å². The summed E-state index contributed by atoms with van der Waals surface area (Å²) in [4.78, 5) is 0. The Hall–Kier alpha value is -1.26. The zero-order chi connectivity index (χ0) is 9.14. The predicted molar refractivity (Wildman–Crippen MR) is 44.1 cm³/mol. The van der Waals surface area contributed by atoms with E-state index in [0.29, 0.717) is 11.3 Å². The van der Waals surface area contributed by atoms with Crippen molar-refractivity contribution in [3.63, 3.8) is 0 Å². The summed E-state index contributed by atoms with van der Waals surface area (Å²) in [6.07, 6.45) is 1.54. The van der Waals surface area contributed by atoms with Gasteiger partial charge in [-0.25, -0.2) is 0 Å². The van der Waals surface area contributed by atoms with E-state index in [4.69, 9.17) is 15.6 Å². The molecule has 66 valence electrons. The second-order valence-electron chi connectivity index (χ2n) is 2.37. The van der Waals surface area contributed by atoms with Crippen molar-refractivity contribution < 1.29 is 14.9 Å². The number of ether oxygens (including phenoxy) is 1. The highest BCUT2D eigenvalue weighted by atomic mass is 16.5. The smallest absolute Gasteiger partial charge is 0.171 e. The Balaban J connectivity index is 2.89. The molecule has 0 aromatic heterocycles. The lowest BCUT2D eigenvalue weighted by molar-refractivity contribution is 0.188. The highest BCUT2D eigenvalue weighted by molar-refractivity contribution is 5.39. The van der Waals surface area contributed by atoms with Crippen molar-refractivity contribution in [3.8, 4) is 0 Å². The Kier molecular flexibility index (Phi) is 2.52. The van der Waals surface area contributed by atoms with Gasteiger partial charge in [-0.2, -0.15) is 0 Å². The molecule has 0 bridgehead atoms. The van der Waals surface area contributed by atoms with Crippen LogP contribution < -0.4 is 5.73 Å². The summed E-state index contributed by atoms with van der Waals surface area (Å²) < 4.78 is 5.02. The van der Waals surface area contributed by atoms with E-state index < -0.39 is 0 Å². The van der Waals surface area contributed by atoms with Gasteiger partial charge in [0.15, 0.2) is 11.5 Å². The summed E-state index contributed by atoms with van der Waals surface area (Å²) in [5, 5.41) is 18.0. The van der Waals surface area contributed by atoms with Crippen LogP contribution in [0.3, 0.4) is 0 Å². The van der Waals surface area contributed by atoms with Gasteiger partial charge in [0.05, 0.1) is 6.54 Å². The van der Waals surface area contributed by atoms with E-state index in [9.17, 15) is 5.11 Å². The lowest BCUT2D eigenvalue weighted by Crippen LogP contribution is -2.14. The van der Waals surface area contributed by atoms with Gasteiger partial charge >= 0.3 is 0 Å². The highest BCUT2D eigenvalue weighted by Gasteiger charge is 2.16. The minimum atomic E-state index is -0.359. The molecule has 0 atom stereocenters. The van der Waals surface area contributed by atoms with E-state index in [-0.39, 0.29) is 24.7 Å². The number of rotatable bonds is 2. The molecule has 1 aliphatic rings. The van der Waals surface area contributed by atoms with Crippen molar-refractivity contribution in [1.29, 1.82) is 0 Å². The fraction of sp³-hybridized carbons (Fsp3) is 0.250. The average molecular weight is 169 g/mol. The summed E-state index contributed by atoms with van der Waals surface area (Å²) in [6.45, 7) is 3.42. The van der Waals surface area contributed by atoms with Gasteiger partial charge in [0.1, 0.15) is 12.4 Å². The molecule has 0 amide bonds. The average Bonchev–Trinajstić information content (AvgIpc) is 2.09. The molecule has 0 unspecified atom stereocenters. The Morgan fingerprint density at radius 3 is 2.75 bits per heavy atom. The van der Waals surface area contributed by atoms with Crippen LogP contribution in [0, 0.1) is 0 Å². The zero-order valence-electron chi connectivity index (χ0n) is 6.58. The second kappa shape index (κ2) is 3.42. The Morgan fingerprint density at radius 2 is 2.25 bits per heavy atom. The van der Waals surface area contributed by atoms with E-state index in [1.54, 1.807) is 0 Å². The summed E-state index contributed by atoms with van der Waals surface area (Å²) in [5.41, 5.74) is 5.72. The van der Waals surface area contributed by atoms with Crippen LogP contribution in [-0.4, -0.2) is 23.4 Å². The van der Waals surface area contributed by atoms with Crippen molar-refractivity contribution in [2.75, 3.05) is 13.2 Å². The van der Waals surface area contributed by atoms with Gasteiger partial charge in [-0.05, 0) is 6.08 Å². The van der Waals surface area contributed by atoms with Crippen LogP contribution in [0.5, 0.6) is 0 Å². The highest BCUT2D eigenvalue weighted by Crippen LogP contribution is 2.22. The zero-order valence-corrected chi connectivity index (χ0v) is 6.58. The molecule has 1 heterocycles. The monoisotopic (exact) mass is 169 g/mol. The molecule has 0 spiro atoms. The Bertz CT molecular complexity index is 265. The molecule has 0 aromatic carbocycles. The van der Waals surface area contributed by atoms with Gasteiger partial charge in [0.2, 0.25) is 0 Å². The molecule has 1 rings (SSSR count). The molecule has 0 saturated heterocycles. The van der Waals surface area contributed by atoms with Crippen LogP contribution in [-0.2, 0) is 4.74 Å². The summed E-state index contributed by atoms with van der Waals surface area (Å²) >= 11 is 0. The normalized spacial score (nSPS) is 17.5. The van der Waals surface area contributed by atoms with Crippen molar-refractivity contribution in [1.82, 2.24) is 0 Å². The van der Waals surface area contributed by atoms with Gasteiger partial charge in [-0.3, -0.25) is 0 Å². The molecule has 4 heteroatoms. The molecule has 0 saturated carbocycles. The van der Waals surface area contributed by atoms with Crippen LogP contribution in [0.4, 0.5) is 0 Å². The van der Waals surface area contributed by atoms with E-state index in [2.05, 4.69) is 6.58 Å². The molecule has 4 nitrogen and oxygen atoms in total. The summed E-state index contributed by atoms with van der Waals surface area (Å²) in [6, 6.07) is 0. The summed E-state index contributed by atoms with van der Waals surface area (Å²) in [5.74, 6) is 0.472. The van der Waals surface area contributed by atoms with E-state index in [1.807, 2.05) is 0 Å². The quantitative estimate of drug-likeness (QED) is 0.551. The van der Waals surface area contributed by atoms with E-state index >= 15 is 0 Å². The third-order valence-electron chi connectivity index (χ3n) is 1.50. The first-order valence-corrected chi connectivity index (χ1v) is 3.49. The number of nitrogens with two attached hydrogens (primary N) is 1. The number of hydrogen-bond donors (Lipinski definition) is 3. The van der Waals surface area contributed by atoms with Crippen LogP contribution >= 0.6 is 0 Å². The maximum Gasteiger partial charge on any atom is 0.171 e. The van der Waals surface area contributed by atoms with Crippen LogP contribution in [0.25, 0.3) is 0 Å². The molecular weight excluding hydrogens is 158 g/mol. The van der Waals surface area contributed by atoms with Gasteiger partial charge < -0.3 is 20.7 Å². The molecule has 0 aliphatic carbocycles. The minimum Gasteiger partial charge on any atom is -0.504 e. The Morgan fingerprint density at radius 1 is 1.58 bits per heavy atom. The first-order valence-electron chi connectivity index (χ1n) is 3.49. The number of aliphatic hydroxyl groups is 2. The van der Waals surface area contributed by atoms with E-state index in [0.717, 1.165) is 0 Å². The van der Waals surface area contributed by atoms with Crippen LogP contribution in [0.2, 0.25) is 0 Å². The molecule has 0 aromatic rings. The molecular formula is C8H11NO3. The summed E-state index contributed by atoms with van der Waals surface area (Å²) in [7, 11) is 0. The van der Waals surface area contributed by atoms with Crippen molar-refractivity contribution in [2.24, 2.45) is 5.73 Å². The fourth-order valence-corrected chi connectivity index (χ4v) is 0.886. The second-order valence-corrected chi connectivity index (χ2v) is 2.37. The maximum atomic E-state index is 9.26. The number of allylic oxidation sites excluding steroid dienone is 1. The van der Waals surface area contributed by atoms with Gasteiger partial charge in [0, 0.05) is 5.57 Å². The van der Waals surface area contributed by atoms with E-state index in [1.165, 1.54) is 6.08 Å². The Labute approximate surface area is 70.3 Å². The lowest BCUT2D eigenvalue weighted by Gasteiger charge is -2.17. The number of hydrogen-bond acceptors (Lipinski definition) is 4. The lowest BCUT2D eigenvalue weighted by atomic mass is 10.1. The first-order chi connectivity index (χ1) is 5.69. The predicted octanol–water partition coefficient (Wildman–Crippen LogP) is 0.177. The molecule has 0 radical (unpaired) electrons. The van der Waals surface area contributed by atoms with Crippen molar-refractivity contribution in [3.05, 3.63) is 35.5 Å². The van der Waals surface area contributed by atoms with Gasteiger partial charge in [-0.1, -0.05) is 6.58 Å². The van der Waals surface area contributed by atoms with Crippen LogP contribution in [0.1, 0.15) is 0 Å². The fourth-order valence-electron chi connectivity index (χ4n) is 0.886. The minimum absolute atomic E-state index is 0.1000. The number of aliphatic hydroxyl groups excluding tert-OH is 2. The molecule has 12 heavy (non-hydrogen) atoms. The SMILES string of the molecule is C=C1C=C(CN)OC(CO)=C1O. The largest absolute Gasteiger partial charge is 0.504 e. The van der Waals surface area contributed by atoms with Crippen LogP contribution in [0.15, 0.2) is 35.5 Å². The van der Waals surface area contributed by atoms with Gasteiger partial charge in [-0.15, -0.1) is 0 Å².